The van der Waals surface area contributed by atoms with Crippen LogP contribution in [0.4, 0.5) is 0 Å². The maximum Gasteiger partial charge on any atom is 0.0176 e. The van der Waals surface area contributed by atoms with E-state index in [0.29, 0.717) is 0 Å². The minimum atomic E-state index is 0.951. The maximum atomic E-state index is 6.14. The van der Waals surface area contributed by atoms with Crippen LogP contribution < -0.4 is 0 Å². The zero-order chi connectivity index (χ0) is 9.40. The van der Waals surface area contributed by atoms with Gasteiger partial charge in [0, 0.05) is 5.03 Å². The molecule has 70 valence electrons. The van der Waals surface area contributed by atoms with Crippen molar-refractivity contribution < 1.29 is 0 Å². The molecule has 0 aromatic rings. The average Bonchev–Trinajstić information content (AvgIpc) is 2.04. The Morgan fingerprint density at radius 3 is 2.25 bits per heavy atom. The third-order valence-corrected chi connectivity index (χ3v) is 2.25. The van der Waals surface area contributed by atoms with E-state index in [2.05, 4.69) is 20.4 Å². The molecule has 0 aliphatic rings. The molecule has 0 rings (SSSR count). The SMILES string of the molecule is C=CC/C(CCC)=C(\Cl)CCC. The molecule has 0 bridgehead atoms. The van der Waals surface area contributed by atoms with Gasteiger partial charge in [0.05, 0.1) is 0 Å². The molecule has 0 heterocycles. The molecule has 1 heteroatoms. The maximum absolute atomic E-state index is 6.14. The van der Waals surface area contributed by atoms with Crippen molar-refractivity contribution in [3.05, 3.63) is 23.3 Å². The average molecular weight is 187 g/mol. The highest BCUT2D eigenvalue weighted by atomic mass is 35.5. The molecule has 0 amide bonds. The van der Waals surface area contributed by atoms with Crippen LogP contribution in [0.5, 0.6) is 0 Å². The van der Waals surface area contributed by atoms with Gasteiger partial charge in [-0.25, -0.2) is 0 Å². The van der Waals surface area contributed by atoms with Crippen LogP contribution in [-0.2, 0) is 0 Å². The summed E-state index contributed by atoms with van der Waals surface area (Å²) in [5.41, 5.74) is 1.37. The monoisotopic (exact) mass is 186 g/mol. The predicted molar refractivity (Wildman–Crippen MR) is 57.5 cm³/mol. The summed E-state index contributed by atoms with van der Waals surface area (Å²) in [6.07, 6.45) is 7.32. The van der Waals surface area contributed by atoms with E-state index < -0.39 is 0 Å². The van der Waals surface area contributed by atoms with Gasteiger partial charge in [-0.05, 0) is 19.3 Å². The molecule has 0 unspecified atom stereocenters. The minimum Gasteiger partial charge on any atom is -0.103 e. The van der Waals surface area contributed by atoms with E-state index in [9.17, 15) is 0 Å². The molecule has 12 heavy (non-hydrogen) atoms. The zero-order valence-corrected chi connectivity index (χ0v) is 8.95. The van der Waals surface area contributed by atoms with E-state index in [1.165, 1.54) is 12.0 Å². The molecule has 0 saturated carbocycles. The Labute approximate surface area is 81.3 Å². The van der Waals surface area contributed by atoms with Gasteiger partial charge in [-0.1, -0.05) is 49.9 Å². The largest absolute Gasteiger partial charge is 0.103 e. The lowest BCUT2D eigenvalue weighted by atomic mass is 10.1. The molecule has 0 aliphatic heterocycles. The minimum absolute atomic E-state index is 0.951. The summed E-state index contributed by atoms with van der Waals surface area (Å²) in [5.74, 6) is 0. The van der Waals surface area contributed by atoms with Gasteiger partial charge >= 0.3 is 0 Å². The second-order valence-corrected chi connectivity index (χ2v) is 3.46. The Morgan fingerprint density at radius 2 is 1.83 bits per heavy atom. The normalized spacial score (nSPS) is 12.6. The lowest BCUT2D eigenvalue weighted by molar-refractivity contribution is 0.845. The highest BCUT2D eigenvalue weighted by Crippen LogP contribution is 2.22. The van der Waals surface area contributed by atoms with E-state index in [1.54, 1.807) is 0 Å². The van der Waals surface area contributed by atoms with Crippen LogP contribution in [0.3, 0.4) is 0 Å². The van der Waals surface area contributed by atoms with E-state index in [4.69, 9.17) is 11.6 Å². The van der Waals surface area contributed by atoms with E-state index >= 15 is 0 Å². The standard InChI is InChI=1S/C11H19Cl/c1-4-7-10(8-5-2)11(12)9-6-3/h4H,1,5-9H2,2-3H3/b11-10+. The van der Waals surface area contributed by atoms with Crippen LogP contribution >= 0.6 is 11.6 Å². The number of hydrogen-bond acceptors (Lipinski definition) is 0. The van der Waals surface area contributed by atoms with E-state index in [1.807, 2.05) is 6.08 Å². The third kappa shape index (κ3) is 4.61. The molecule has 0 N–H and O–H groups in total. The molecule has 0 spiro atoms. The fourth-order valence-corrected chi connectivity index (χ4v) is 1.58. The lowest BCUT2D eigenvalue weighted by Gasteiger charge is -2.06. The quantitative estimate of drug-likeness (QED) is 0.530. The molecular weight excluding hydrogens is 168 g/mol. The fourth-order valence-electron chi connectivity index (χ4n) is 1.22. The summed E-state index contributed by atoms with van der Waals surface area (Å²) in [6.45, 7) is 8.06. The lowest BCUT2D eigenvalue weighted by Crippen LogP contribution is -1.86. The number of halogens is 1. The van der Waals surface area contributed by atoms with Crippen molar-refractivity contribution in [3.63, 3.8) is 0 Å². The number of hydrogen-bond donors (Lipinski definition) is 0. The predicted octanol–water partition coefficient (Wildman–Crippen LogP) is 4.66. The van der Waals surface area contributed by atoms with E-state index in [-0.39, 0.29) is 0 Å². The summed E-state index contributed by atoms with van der Waals surface area (Å²) >= 11 is 6.14. The molecule has 0 aromatic heterocycles. The van der Waals surface area contributed by atoms with Crippen molar-refractivity contribution in [3.8, 4) is 0 Å². The van der Waals surface area contributed by atoms with Crippen LogP contribution in [0.15, 0.2) is 23.3 Å². The van der Waals surface area contributed by atoms with Gasteiger partial charge in [0.15, 0.2) is 0 Å². The number of rotatable bonds is 6. The molecule has 0 radical (unpaired) electrons. The molecule has 0 fully saturated rings. The molecule has 0 saturated heterocycles. The van der Waals surface area contributed by atoms with Gasteiger partial charge in [0.2, 0.25) is 0 Å². The highest BCUT2D eigenvalue weighted by molar-refractivity contribution is 6.29. The zero-order valence-electron chi connectivity index (χ0n) is 8.20. The number of allylic oxidation sites excluding steroid dienone is 3. The first-order valence-electron chi connectivity index (χ1n) is 4.73. The van der Waals surface area contributed by atoms with Crippen molar-refractivity contribution in [2.75, 3.05) is 0 Å². The van der Waals surface area contributed by atoms with Gasteiger partial charge in [0.25, 0.3) is 0 Å². The van der Waals surface area contributed by atoms with Crippen LogP contribution in [-0.4, -0.2) is 0 Å². The summed E-state index contributed by atoms with van der Waals surface area (Å²) in [5, 5.41) is 1.05. The highest BCUT2D eigenvalue weighted by Gasteiger charge is 2.00. The Morgan fingerprint density at radius 1 is 1.25 bits per heavy atom. The Hall–Kier alpha value is -0.230. The first-order valence-corrected chi connectivity index (χ1v) is 5.11. The van der Waals surface area contributed by atoms with Gasteiger partial charge in [-0.15, -0.1) is 6.58 Å². The van der Waals surface area contributed by atoms with Crippen molar-refractivity contribution in [1.82, 2.24) is 0 Å². The second-order valence-electron chi connectivity index (χ2n) is 3.00. The molecule has 0 aromatic carbocycles. The Kier molecular flexibility index (Phi) is 7.28. The van der Waals surface area contributed by atoms with Crippen molar-refractivity contribution in [2.45, 2.75) is 46.0 Å². The van der Waals surface area contributed by atoms with Gasteiger partial charge in [-0.2, -0.15) is 0 Å². The molecule has 0 atom stereocenters. The van der Waals surface area contributed by atoms with E-state index in [0.717, 1.165) is 30.7 Å². The second kappa shape index (κ2) is 7.42. The van der Waals surface area contributed by atoms with Crippen LogP contribution in [0.25, 0.3) is 0 Å². The summed E-state index contributed by atoms with van der Waals surface area (Å²) in [7, 11) is 0. The first-order chi connectivity index (χ1) is 5.76. The summed E-state index contributed by atoms with van der Waals surface area (Å²) < 4.78 is 0. The smallest absolute Gasteiger partial charge is 0.0176 e. The summed E-state index contributed by atoms with van der Waals surface area (Å²) in [6, 6.07) is 0. The van der Waals surface area contributed by atoms with Gasteiger partial charge < -0.3 is 0 Å². The Balaban J connectivity index is 4.20. The topological polar surface area (TPSA) is 0 Å². The molecule has 0 aliphatic carbocycles. The van der Waals surface area contributed by atoms with Gasteiger partial charge in [0.1, 0.15) is 0 Å². The molecular formula is C11H19Cl. The molecule has 0 nitrogen and oxygen atoms in total. The van der Waals surface area contributed by atoms with Crippen LogP contribution in [0.1, 0.15) is 46.0 Å². The van der Waals surface area contributed by atoms with Crippen molar-refractivity contribution in [1.29, 1.82) is 0 Å². The van der Waals surface area contributed by atoms with Crippen molar-refractivity contribution in [2.24, 2.45) is 0 Å². The Bertz CT molecular complexity index is 156. The van der Waals surface area contributed by atoms with Crippen LogP contribution in [0, 0.1) is 0 Å². The summed E-state index contributed by atoms with van der Waals surface area (Å²) in [4.78, 5) is 0. The van der Waals surface area contributed by atoms with Gasteiger partial charge in [-0.3, -0.25) is 0 Å². The fraction of sp³-hybridized carbons (Fsp3) is 0.636. The van der Waals surface area contributed by atoms with Crippen LogP contribution in [0.2, 0.25) is 0 Å². The third-order valence-electron chi connectivity index (χ3n) is 1.80. The first kappa shape index (κ1) is 11.8. The van der Waals surface area contributed by atoms with Crippen molar-refractivity contribution >= 4 is 11.6 Å².